The molecule has 0 bridgehead atoms. The third-order valence-electron chi connectivity index (χ3n) is 4.20. The zero-order chi connectivity index (χ0) is 14.0. The molecule has 1 fully saturated rings. The molecule has 106 valence electrons. The van der Waals surface area contributed by atoms with Crippen LogP contribution in [0.1, 0.15) is 57.8 Å². The summed E-state index contributed by atoms with van der Waals surface area (Å²) in [5.74, 6) is 0.703. The predicted octanol–water partition coefficient (Wildman–Crippen LogP) is 3.41. The van der Waals surface area contributed by atoms with E-state index < -0.39 is 6.10 Å². The first kappa shape index (κ1) is 14.5. The number of aliphatic hydroxyl groups is 1. The molecule has 0 aromatic heterocycles. The van der Waals surface area contributed by atoms with Crippen molar-refractivity contribution in [2.75, 3.05) is 6.54 Å². The van der Waals surface area contributed by atoms with E-state index in [-0.39, 0.29) is 11.5 Å². The average molecular weight is 261 g/mol. The highest BCUT2D eigenvalue weighted by atomic mass is 16.3. The summed E-state index contributed by atoms with van der Waals surface area (Å²) in [5, 5.41) is 13.9. The number of hydrogen-bond acceptors (Lipinski definition) is 2. The first-order valence-electron chi connectivity index (χ1n) is 7.40. The van der Waals surface area contributed by atoms with E-state index in [4.69, 9.17) is 0 Å². The van der Waals surface area contributed by atoms with E-state index in [1.54, 1.807) is 0 Å². The highest BCUT2D eigenvalue weighted by molar-refractivity contribution is 5.29. The molecule has 0 aliphatic carbocycles. The van der Waals surface area contributed by atoms with Gasteiger partial charge in [0.05, 0.1) is 6.10 Å². The van der Waals surface area contributed by atoms with E-state index in [1.165, 1.54) is 12.0 Å². The van der Waals surface area contributed by atoms with E-state index >= 15 is 0 Å². The molecule has 1 aliphatic heterocycles. The Morgan fingerprint density at radius 2 is 1.84 bits per heavy atom. The highest BCUT2D eigenvalue weighted by Gasteiger charge is 2.26. The summed E-state index contributed by atoms with van der Waals surface area (Å²) in [4.78, 5) is 0. The van der Waals surface area contributed by atoms with Crippen LogP contribution in [0.25, 0.3) is 0 Å². The molecule has 1 aromatic carbocycles. The summed E-state index contributed by atoms with van der Waals surface area (Å²) in [6, 6.07) is 8.64. The van der Waals surface area contributed by atoms with Crippen LogP contribution in [0.2, 0.25) is 0 Å². The minimum absolute atomic E-state index is 0.168. The molecule has 0 spiro atoms. The fraction of sp³-hybridized carbons (Fsp3) is 0.647. The van der Waals surface area contributed by atoms with Crippen LogP contribution in [-0.4, -0.2) is 17.7 Å². The van der Waals surface area contributed by atoms with E-state index in [1.807, 2.05) is 0 Å². The van der Waals surface area contributed by atoms with Crippen LogP contribution in [0.5, 0.6) is 0 Å². The summed E-state index contributed by atoms with van der Waals surface area (Å²) in [6.07, 6.45) is 1.88. The van der Waals surface area contributed by atoms with Crippen molar-refractivity contribution in [3.05, 3.63) is 35.4 Å². The molecule has 0 saturated carbocycles. The zero-order valence-corrected chi connectivity index (χ0v) is 12.6. The normalized spacial score (nSPS) is 26.2. The van der Waals surface area contributed by atoms with E-state index in [0.717, 1.165) is 18.5 Å². The van der Waals surface area contributed by atoms with Gasteiger partial charge in [-0.3, -0.25) is 0 Å². The maximum Gasteiger partial charge on any atom is 0.0943 e. The monoisotopic (exact) mass is 261 g/mol. The quantitative estimate of drug-likeness (QED) is 0.855. The maximum absolute atomic E-state index is 10.5. The van der Waals surface area contributed by atoms with Crippen molar-refractivity contribution in [2.24, 2.45) is 5.92 Å². The van der Waals surface area contributed by atoms with Crippen LogP contribution in [0.15, 0.2) is 24.3 Å². The second-order valence-electron chi connectivity index (χ2n) is 7.01. The van der Waals surface area contributed by atoms with Gasteiger partial charge in [-0.2, -0.15) is 0 Å². The lowest BCUT2D eigenvalue weighted by Gasteiger charge is -2.32. The summed E-state index contributed by atoms with van der Waals surface area (Å²) >= 11 is 0. The highest BCUT2D eigenvalue weighted by Crippen LogP contribution is 2.28. The van der Waals surface area contributed by atoms with Gasteiger partial charge in [-0.25, -0.2) is 0 Å². The fourth-order valence-corrected chi connectivity index (χ4v) is 2.80. The lowest BCUT2D eigenvalue weighted by molar-refractivity contribution is 0.101. The van der Waals surface area contributed by atoms with Crippen molar-refractivity contribution in [1.82, 2.24) is 5.32 Å². The molecule has 2 N–H and O–H groups in total. The molecule has 1 aromatic rings. The Balaban J connectivity index is 2.09. The Kier molecular flexibility index (Phi) is 4.32. The lowest BCUT2D eigenvalue weighted by atomic mass is 9.85. The summed E-state index contributed by atoms with van der Waals surface area (Å²) in [7, 11) is 0. The third-order valence-corrected chi connectivity index (χ3v) is 4.20. The standard InChI is InChI=1S/C17H27NO/c1-12-9-10-18-15(11-12)16(19)13-5-7-14(8-6-13)17(2,3)4/h5-8,12,15-16,18-19H,9-11H2,1-4H3. The van der Waals surface area contributed by atoms with Gasteiger partial charge in [0.2, 0.25) is 0 Å². The summed E-state index contributed by atoms with van der Waals surface area (Å²) < 4.78 is 0. The van der Waals surface area contributed by atoms with Gasteiger partial charge in [-0.15, -0.1) is 0 Å². The van der Waals surface area contributed by atoms with Gasteiger partial charge >= 0.3 is 0 Å². The molecule has 0 radical (unpaired) electrons. The Bertz CT molecular complexity index is 404. The third kappa shape index (κ3) is 3.58. The van der Waals surface area contributed by atoms with Crippen LogP contribution in [0.3, 0.4) is 0 Å². The average Bonchev–Trinajstić information content (AvgIpc) is 2.37. The topological polar surface area (TPSA) is 32.3 Å². The smallest absolute Gasteiger partial charge is 0.0943 e. The molecule has 2 rings (SSSR count). The van der Waals surface area contributed by atoms with Gasteiger partial charge in [-0.05, 0) is 41.8 Å². The summed E-state index contributed by atoms with van der Waals surface area (Å²) in [6.45, 7) is 9.92. The van der Waals surface area contributed by atoms with Crippen molar-refractivity contribution < 1.29 is 5.11 Å². The number of piperidine rings is 1. The van der Waals surface area contributed by atoms with Gasteiger partial charge in [-0.1, -0.05) is 52.0 Å². The molecule has 1 heterocycles. The molecule has 1 aliphatic rings. The van der Waals surface area contributed by atoms with Gasteiger partial charge < -0.3 is 10.4 Å². The molecule has 19 heavy (non-hydrogen) atoms. The van der Waals surface area contributed by atoms with E-state index in [0.29, 0.717) is 5.92 Å². The van der Waals surface area contributed by atoms with Gasteiger partial charge in [0.25, 0.3) is 0 Å². The van der Waals surface area contributed by atoms with Crippen molar-refractivity contribution in [3.8, 4) is 0 Å². The Morgan fingerprint density at radius 3 is 2.37 bits per heavy atom. The molecule has 3 unspecified atom stereocenters. The van der Waals surface area contributed by atoms with Crippen LogP contribution in [0, 0.1) is 5.92 Å². The SMILES string of the molecule is CC1CCNC(C(O)c2ccc(C(C)(C)C)cc2)C1. The molecule has 2 heteroatoms. The molecular weight excluding hydrogens is 234 g/mol. The molecular formula is C17H27NO. The molecule has 1 saturated heterocycles. The van der Waals surface area contributed by atoms with Crippen molar-refractivity contribution >= 4 is 0 Å². The van der Waals surface area contributed by atoms with Crippen molar-refractivity contribution in [2.45, 2.75) is 58.1 Å². The number of benzene rings is 1. The second-order valence-corrected chi connectivity index (χ2v) is 7.01. The first-order valence-corrected chi connectivity index (χ1v) is 7.40. The van der Waals surface area contributed by atoms with Crippen LogP contribution >= 0.6 is 0 Å². The minimum atomic E-state index is -0.392. The van der Waals surface area contributed by atoms with Crippen molar-refractivity contribution in [3.63, 3.8) is 0 Å². The molecule has 3 atom stereocenters. The molecule has 2 nitrogen and oxygen atoms in total. The van der Waals surface area contributed by atoms with Crippen LogP contribution in [0.4, 0.5) is 0 Å². The van der Waals surface area contributed by atoms with Gasteiger partial charge in [0.15, 0.2) is 0 Å². The minimum Gasteiger partial charge on any atom is -0.387 e. The molecule has 0 amide bonds. The first-order chi connectivity index (χ1) is 8.88. The zero-order valence-electron chi connectivity index (χ0n) is 12.6. The largest absolute Gasteiger partial charge is 0.387 e. The number of rotatable bonds is 2. The van der Waals surface area contributed by atoms with Crippen LogP contribution < -0.4 is 5.32 Å². The second kappa shape index (κ2) is 5.64. The fourth-order valence-electron chi connectivity index (χ4n) is 2.80. The number of hydrogen-bond donors (Lipinski definition) is 2. The predicted molar refractivity (Wildman–Crippen MR) is 80.3 cm³/mol. The van der Waals surface area contributed by atoms with E-state index in [9.17, 15) is 5.11 Å². The van der Waals surface area contributed by atoms with Gasteiger partial charge in [0, 0.05) is 6.04 Å². The number of nitrogens with one attached hydrogen (secondary N) is 1. The lowest BCUT2D eigenvalue weighted by Crippen LogP contribution is -2.41. The van der Waals surface area contributed by atoms with Gasteiger partial charge in [0.1, 0.15) is 0 Å². The maximum atomic E-state index is 10.5. The van der Waals surface area contributed by atoms with E-state index in [2.05, 4.69) is 57.3 Å². The Labute approximate surface area is 117 Å². The van der Waals surface area contributed by atoms with Crippen LogP contribution in [-0.2, 0) is 5.41 Å². The Hall–Kier alpha value is -0.860. The van der Waals surface area contributed by atoms with Crippen molar-refractivity contribution in [1.29, 1.82) is 0 Å². The Morgan fingerprint density at radius 1 is 1.21 bits per heavy atom. The summed E-state index contributed by atoms with van der Waals surface area (Å²) in [5.41, 5.74) is 2.51. The number of aliphatic hydroxyl groups excluding tert-OH is 1.